The van der Waals surface area contributed by atoms with Crippen LogP contribution in [0.1, 0.15) is 63.4 Å². The van der Waals surface area contributed by atoms with E-state index in [0.717, 1.165) is 29.3 Å². The number of hydrogen-bond acceptors (Lipinski definition) is 4. The number of carbonyl (C=O) groups excluding carboxylic acids is 2. The van der Waals surface area contributed by atoms with E-state index in [2.05, 4.69) is 4.57 Å². The first-order valence-corrected chi connectivity index (χ1v) is 9.27. The van der Waals surface area contributed by atoms with Crippen molar-refractivity contribution in [2.75, 3.05) is 20.3 Å². The molecule has 1 atom stereocenters. The van der Waals surface area contributed by atoms with E-state index in [1.54, 1.807) is 7.11 Å². The molecule has 0 aliphatic heterocycles. The van der Waals surface area contributed by atoms with Crippen LogP contribution in [0.3, 0.4) is 0 Å². The van der Waals surface area contributed by atoms with Gasteiger partial charge in [-0.05, 0) is 53.7 Å². The number of hydrogen-bond donors (Lipinski definition) is 0. The second-order valence-corrected chi connectivity index (χ2v) is 6.99. The summed E-state index contributed by atoms with van der Waals surface area (Å²) in [6.07, 6.45) is 0. The number of ketones is 1. The van der Waals surface area contributed by atoms with Gasteiger partial charge in [0.1, 0.15) is 0 Å². The number of esters is 1. The summed E-state index contributed by atoms with van der Waals surface area (Å²) in [7, 11) is 1.66. The van der Waals surface area contributed by atoms with Crippen molar-refractivity contribution < 1.29 is 19.1 Å². The molecule has 6 nitrogen and oxygen atoms in total. The van der Waals surface area contributed by atoms with E-state index in [-0.39, 0.29) is 18.4 Å². The van der Waals surface area contributed by atoms with Crippen LogP contribution >= 0.6 is 0 Å². The first-order chi connectivity index (χ1) is 12.7. The summed E-state index contributed by atoms with van der Waals surface area (Å²) in [6.45, 7) is 12.9. The van der Waals surface area contributed by atoms with Crippen LogP contribution in [0, 0.1) is 27.7 Å². The molecule has 0 radical (unpaired) electrons. The summed E-state index contributed by atoms with van der Waals surface area (Å²) in [5, 5.41) is 0. The summed E-state index contributed by atoms with van der Waals surface area (Å²) in [5.74, 6) is -0.658. The van der Waals surface area contributed by atoms with Gasteiger partial charge in [-0.2, -0.15) is 0 Å². The molecule has 0 unspecified atom stereocenters. The van der Waals surface area contributed by atoms with E-state index in [4.69, 9.17) is 9.47 Å². The molecule has 148 valence electrons. The topological polar surface area (TPSA) is 62.5 Å². The third-order valence-corrected chi connectivity index (χ3v) is 5.08. The Balaban J connectivity index is 2.12. The molecular weight excluding hydrogens is 344 g/mol. The maximum atomic E-state index is 12.6. The first kappa shape index (κ1) is 21.0. The van der Waals surface area contributed by atoms with Crippen LogP contribution in [0.4, 0.5) is 0 Å². The highest BCUT2D eigenvalue weighted by molar-refractivity contribution is 6.00. The Morgan fingerprint density at radius 1 is 1.04 bits per heavy atom. The average molecular weight is 374 g/mol. The zero-order chi connectivity index (χ0) is 20.3. The molecule has 0 saturated carbocycles. The zero-order valence-electron chi connectivity index (χ0n) is 17.4. The fourth-order valence-electron chi connectivity index (χ4n) is 3.83. The lowest BCUT2D eigenvalue weighted by Crippen LogP contribution is -2.17. The summed E-state index contributed by atoms with van der Waals surface area (Å²) in [5.41, 5.74) is 4.81. The van der Waals surface area contributed by atoms with Crippen molar-refractivity contribution in [3.8, 4) is 0 Å². The number of ether oxygens (including phenoxy) is 2. The minimum atomic E-state index is -0.460. The summed E-state index contributed by atoms with van der Waals surface area (Å²) >= 11 is 0. The SMILES string of the molecule is CCn1c(C)cc(C(=O)OCC(=O)c2cc(C)n([C@H](C)COC)c2C)c1C. The molecule has 0 aromatic carbocycles. The van der Waals surface area contributed by atoms with Gasteiger partial charge in [0.2, 0.25) is 5.78 Å². The normalized spacial score (nSPS) is 12.3. The smallest absolute Gasteiger partial charge is 0.340 e. The molecule has 0 aliphatic carbocycles. The van der Waals surface area contributed by atoms with E-state index in [0.29, 0.717) is 17.7 Å². The van der Waals surface area contributed by atoms with Gasteiger partial charge in [0.25, 0.3) is 0 Å². The predicted octanol–water partition coefficient (Wildman–Crippen LogP) is 3.79. The molecule has 2 rings (SSSR count). The summed E-state index contributed by atoms with van der Waals surface area (Å²) in [6, 6.07) is 3.78. The minimum absolute atomic E-state index is 0.124. The van der Waals surface area contributed by atoms with Crippen LogP contribution in [0.2, 0.25) is 0 Å². The van der Waals surface area contributed by atoms with E-state index in [1.807, 2.05) is 58.2 Å². The van der Waals surface area contributed by atoms with Crippen molar-refractivity contribution >= 4 is 11.8 Å². The van der Waals surface area contributed by atoms with E-state index < -0.39 is 5.97 Å². The quantitative estimate of drug-likeness (QED) is 0.521. The third kappa shape index (κ3) is 4.16. The maximum absolute atomic E-state index is 12.6. The fraction of sp³-hybridized carbons (Fsp3) is 0.524. The van der Waals surface area contributed by atoms with Gasteiger partial charge >= 0.3 is 5.97 Å². The van der Waals surface area contributed by atoms with Crippen molar-refractivity contribution in [2.24, 2.45) is 0 Å². The van der Waals surface area contributed by atoms with Crippen molar-refractivity contribution in [2.45, 2.75) is 54.1 Å². The lowest BCUT2D eigenvalue weighted by atomic mass is 10.1. The maximum Gasteiger partial charge on any atom is 0.340 e. The van der Waals surface area contributed by atoms with Gasteiger partial charge in [-0.1, -0.05) is 0 Å². The first-order valence-electron chi connectivity index (χ1n) is 9.27. The van der Waals surface area contributed by atoms with Crippen LogP contribution in [0.25, 0.3) is 0 Å². The molecule has 0 saturated heterocycles. The number of aromatic nitrogens is 2. The second kappa shape index (κ2) is 8.57. The van der Waals surface area contributed by atoms with Gasteiger partial charge in [0.05, 0.1) is 18.2 Å². The molecule has 0 amide bonds. The van der Waals surface area contributed by atoms with Crippen molar-refractivity contribution in [3.63, 3.8) is 0 Å². The Labute approximate surface area is 161 Å². The number of methoxy groups -OCH3 is 1. The monoisotopic (exact) mass is 374 g/mol. The highest BCUT2D eigenvalue weighted by Gasteiger charge is 2.21. The van der Waals surface area contributed by atoms with Gasteiger partial charge in [-0.3, -0.25) is 4.79 Å². The summed E-state index contributed by atoms with van der Waals surface area (Å²) < 4.78 is 14.7. The highest BCUT2D eigenvalue weighted by atomic mass is 16.5. The molecule has 0 N–H and O–H groups in total. The number of rotatable bonds is 8. The standard InChI is InChI=1S/C21H30N2O4/c1-8-22-13(2)9-19(16(22)5)21(25)27-12-20(24)18-10-14(3)23(17(18)6)15(4)11-26-7/h9-10,15H,8,11-12H2,1-7H3/t15-/m1/s1. The average Bonchev–Trinajstić information content (AvgIpc) is 3.07. The zero-order valence-corrected chi connectivity index (χ0v) is 17.4. The van der Waals surface area contributed by atoms with Crippen LogP contribution in [-0.4, -0.2) is 41.2 Å². The largest absolute Gasteiger partial charge is 0.454 e. The molecule has 27 heavy (non-hydrogen) atoms. The number of Topliss-reactive ketones (excluding diaryl/α,β-unsaturated/α-hetero) is 1. The van der Waals surface area contributed by atoms with Gasteiger partial charge < -0.3 is 18.6 Å². The van der Waals surface area contributed by atoms with Crippen LogP contribution in [0.5, 0.6) is 0 Å². The van der Waals surface area contributed by atoms with Crippen molar-refractivity contribution in [1.29, 1.82) is 0 Å². The highest BCUT2D eigenvalue weighted by Crippen LogP contribution is 2.22. The van der Waals surface area contributed by atoms with Crippen LogP contribution < -0.4 is 0 Å². The van der Waals surface area contributed by atoms with Crippen LogP contribution in [0.15, 0.2) is 12.1 Å². The predicted molar refractivity (Wildman–Crippen MR) is 105 cm³/mol. The molecule has 2 aromatic rings. The Bertz CT molecular complexity index is 845. The molecular formula is C21H30N2O4. The number of carbonyl (C=O) groups is 2. The van der Waals surface area contributed by atoms with Gasteiger partial charge in [-0.15, -0.1) is 0 Å². The van der Waals surface area contributed by atoms with E-state index in [1.165, 1.54) is 0 Å². The molecule has 2 aromatic heterocycles. The molecule has 0 spiro atoms. The molecule has 0 aliphatic rings. The Morgan fingerprint density at radius 3 is 2.22 bits per heavy atom. The Morgan fingerprint density at radius 2 is 1.67 bits per heavy atom. The molecule has 0 bridgehead atoms. The van der Waals surface area contributed by atoms with Gasteiger partial charge in [-0.25, -0.2) is 4.79 Å². The minimum Gasteiger partial charge on any atom is -0.454 e. The number of nitrogens with zero attached hydrogens (tertiary/aromatic N) is 2. The lowest BCUT2D eigenvalue weighted by molar-refractivity contribution is 0.0473. The fourth-order valence-corrected chi connectivity index (χ4v) is 3.83. The van der Waals surface area contributed by atoms with E-state index in [9.17, 15) is 9.59 Å². The van der Waals surface area contributed by atoms with Crippen molar-refractivity contribution in [1.82, 2.24) is 9.13 Å². The van der Waals surface area contributed by atoms with Gasteiger partial charge in [0.15, 0.2) is 6.61 Å². The van der Waals surface area contributed by atoms with Crippen molar-refractivity contribution in [3.05, 3.63) is 46.0 Å². The third-order valence-electron chi connectivity index (χ3n) is 5.08. The Hall–Kier alpha value is -2.34. The molecule has 2 heterocycles. The van der Waals surface area contributed by atoms with Crippen LogP contribution in [-0.2, 0) is 16.0 Å². The second-order valence-electron chi connectivity index (χ2n) is 6.99. The Kier molecular flexibility index (Phi) is 6.65. The van der Waals surface area contributed by atoms with Gasteiger partial charge in [0, 0.05) is 42.0 Å². The summed E-state index contributed by atoms with van der Waals surface area (Å²) in [4.78, 5) is 25.1. The molecule has 0 fully saturated rings. The molecule has 6 heteroatoms. The number of aryl methyl sites for hydroxylation is 2. The lowest BCUT2D eigenvalue weighted by Gasteiger charge is -2.17. The van der Waals surface area contributed by atoms with E-state index >= 15 is 0 Å².